The summed E-state index contributed by atoms with van der Waals surface area (Å²) >= 11 is 0. The van der Waals surface area contributed by atoms with E-state index in [1.807, 2.05) is 13.8 Å². The maximum atomic E-state index is 11.8. The number of amides is 2. The lowest BCUT2D eigenvalue weighted by Crippen LogP contribution is -2.46. The molecule has 0 aromatic carbocycles. The number of nitrogens with zero attached hydrogens (tertiary/aromatic N) is 1. The standard InChI is InChI=1S/C11H23N3O2/c1-5-8(2)10(12)11(16)14(4)7-6-9(15)13-3/h8,10H,5-7,12H2,1-4H3,(H,13,15)/t8-,10-/m0/s1. The van der Waals surface area contributed by atoms with Gasteiger partial charge >= 0.3 is 0 Å². The summed E-state index contributed by atoms with van der Waals surface area (Å²) in [5.41, 5.74) is 5.82. The van der Waals surface area contributed by atoms with Crippen LogP contribution in [-0.4, -0.2) is 43.4 Å². The molecule has 0 aromatic heterocycles. The molecule has 0 bridgehead atoms. The van der Waals surface area contributed by atoms with E-state index in [4.69, 9.17) is 5.73 Å². The predicted molar refractivity (Wildman–Crippen MR) is 63.8 cm³/mol. The van der Waals surface area contributed by atoms with Crippen LogP contribution >= 0.6 is 0 Å². The van der Waals surface area contributed by atoms with Crippen LogP contribution in [-0.2, 0) is 9.59 Å². The molecule has 0 aliphatic heterocycles. The first-order chi connectivity index (χ1) is 7.43. The molecule has 94 valence electrons. The maximum absolute atomic E-state index is 11.8. The number of carbonyl (C=O) groups is 2. The van der Waals surface area contributed by atoms with E-state index in [-0.39, 0.29) is 17.7 Å². The largest absolute Gasteiger partial charge is 0.359 e. The zero-order chi connectivity index (χ0) is 12.7. The van der Waals surface area contributed by atoms with Crippen molar-refractivity contribution in [1.82, 2.24) is 10.2 Å². The molecule has 0 rings (SSSR count). The van der Waals surface area contributed by atoms with Crippen LogP contribution < -0.4 is 11.1 Å². The highest BCUT2D eigenvalue weighted by Gasteiger charge is 2.22. The fraction of sp³-hybridized carbons (Fsp3) is 0.818. The Bertz CT molecular complexity index is 243. The van der Waals surface area contributed by atoms with Crippen molar-refractivity contribution in [3.8, 4) is 0 Å². The van der Waals surface area contributed by atoms with Gasteiger partial charge in [-0.25, -0.2) is 0 Å². The van der Waals surface area contributed by atoms with E-state index in [0.29, 0.717) is 13.0 Å². The van der Waals surface area contributed by atoms with Gasteiger partial charge in [-0.15, -0.1) is 0 Å². The molecule has 3 N–H and O–H groups in total. The monoisotopic (exact) mass is 229 g/mol. The van der Waals surface area contributed by atoms with Gasteiger partial charge in [0.05, 0.1) is 6.04 Å². The van der Waals surface area contributed by atoms with Crippen molar-refractivity contribution >= 4 is 11.8 Å². The van der Waals surface area contributed by atoms with Crippen LogP contribution in [0.15, 0.2) is 0 Å². The molecule has 0 saturated heterocycles. The van der Waals surface area contributed by atoms with Crippen molar-refractivity contribution in [2.75, 3.05) is 20.6 Å². The minimum Gasteiger partial charge on any atom is -0.359 e. The van der Waals surface area contributed by atoms with Gasteiger partial charge in [0.1, 0.15) is 0 Å². The number of hydrogen-bond donors (Lipinski definition) is 2. The second-order valence-electron chi connectivity index (χ2n) is 4.09. The van der Waals surface area contributed by atoms with Crippen molar-refractivity contribution in [3.63, 3.8) is 0 Å². The normalized spacial score (nSPS) is 14.1. The average Bonchev–Trinajstić information content (AvgIpc) is 2.32. The van der Waals surface area contributed by atoms with Crippen molar-refractivity contribution in [1.29, 1.82) is 0 Å². The van der Waals surface area contributed by atoms with Gasteiger partial charge in [-0.2, -0.15) is 0 Å². The van der Waals surface area contributed by atoms with E-state index in [2.05, 4.69) is 5.32 Å². The number of likely N-dealkylation sites (N-methyl/N-ethyl adjacent to an activating group) is 1. The molecule has 0 heterocycles. The molecule has 5 nitrogen and oxygen atoms in total. The molecule has 0 fully saturated rings. The topological polar surface area (TPSA) is 75.4 Å². The minimum atomic E-state index is -0.473. The van der Waals surface area contributed by atoms with Gasteiger partial charge in [0.2, 0.25) is 11.8 Å². The highest BCUT2D eigenvalue weighted by Crippen LogP contribution is 2.07. The Labute approximate surface area is 97.4 Å². The van der Waals surface area contributed by atoms with Gasteiger partial charge in [-0.3, -0.25) is 9.59 Å². The third-order valence-corrected chi connectivity index (χ3v) is 2.87. The number of rotatable bonds is 6. The molecule has 0 saturated carbocycles. The molecule has 0 aliphatic carbocycles. The van der Waals surface area contributed by atoms with E-state index in [1.54, 1.807) is 14.1 Å². The summed E-state index contributed by atoms with van der Waals surface area (Å²) in [6, 6.07) is -0.473. The van der Waals surface area contributed by atoms with Crippen LogP contribution in [0.25, 0.3) is 0 Å². The lowest BCUT2D eigenvalue weighted by molar-refractivity contribution is -0.133. The Kier molecular flexibility index (Phi) is 6.72. The second kappa shape index (κ2) is 7.22. The second-order valence-corrected chi connectivity index (χ2v) is 4.09. The predicted octanol–water partition coefficient (Wildman–Crippen LogP) is -0.0457. The van der Waals surface area contributed by atoms with Crippen molar-refractivity contribution in [3.05, 3.63) is 0 Å². The molecule has 2 atom stereocenters. The molecule has 0 aromatic rings. The molecule has 2 amide bonds. The van der Waals surface area contributed by atoms with Gasteiger partial charge in [0.15, 0.2) is 0 Å². The summed E-state index contributed by atoms with van der Waals surface area (Å²) < 4.78 is 0. The van der Waals surface area contributed by atoms with Gasteiger partial charge in [0, 0.05) is 27.1 Å². The molecular formula is C11H23N3O2. The van der Waals surface area contributed by atoms with Gasteiger partial charge in [-0.1, -0.05) is 20.3 Å². The quantitative estimate of drug-likeness (QED) is 0.671. The van der Waals surface area contributed by atoms with Crippen LogP contribution in [0, 0.1) is 5.92 Å². The third kappa shape index (κ3) is 4.61. The zero-order valence-corrected chi connectivity index (χ0v) is 10.6. The van der Waals surface area contributed by atoms with E-state index in [0.717, 1.165) is 6.42 Å². The first kappa shape index (κ1) is 14.9. The summed E-state index contributed by atoms with van der Waals surface area (Å²) in [6.07, 6.45) is 1.18. The summed E-state index contributed by atoms with van der Waals surface area (Å²) in [7, 11) is 3.25. The van der Waals surface area contributed by atoms with E-state index in [9.17, 15) is 9.59 Å². The Morgan fingerprint density at radius 1 is 1.44 bits per heavy atom. The summed E-state index contributed by atoms with van der Waals surface area (Å²) in [4.78, 5) is 24.4. The number of hydrogen-bond acceptors (Lipinski definition) is 3. The Balaban J connectivity index is 4.12. The summed E-state index contributed by atoms with van der Waals surface area (Å²) in [6.45, 7) is 4.36. The van der Waals surface area contributed by atoms with Gasteiger partial charge in [0.25, 0.3) is 0 Å². The van der Waals surface area contributed by atoms with Crippen LogP contribution in [0.3, 0.4) is 0 Å². The number of carbonyl (C=O) groups excluding carboxylic acids is 2. The van der Waals surface area contributed by atoms with E-state index < -0.39 is 6.04 Å². The highest BCUT2D eigenvalue weighted by atomic mass is 16.2. The third-order valence-electron chi connectivity index (χ3n) is 2.87. The average molecular weight is 229 g/mol. The lowest BCUT2D eigenvalue weighted by atomic mass is 9.99. The Morgan fingerprint density at radius 3 is 2.44 bits per heavy atom. The lowest BCUT2D eigenvalue weighted by Gasteiger charge is -2.24. The van der Waals surface area contributed by atoms with Crippen LogP contribution in [0.1, 0.15) is 26.7 Å². The van der Waals surface area contributed by atoms with Gasteiger partial charge in [-0.05, 0) is 5.92 Å². The smallest absolute Gasteiger partial charge is 0.239 e. The van der Waals surface area contributed by atoms with E-state index >= 15 is 0 Å². The SMILES string of the molecule is CC[C@H](C)[C@H](N)C(=O)N(C)CCC(=O)NC. The molecule has 0 unspecified atom stereocenters. The first-order valence-electron chi connectivity index (χ1n) is 5.65. The van der Waals surface area contributed by atoms with Crippen molar-refractivity contribution in [2.45, 2.75) is 32.7 Å². The molecular weight excluding hydrogens is 206 g/mol. The maximum Gasteiger partial charge on any atom is 0.239 e. The number of nitrogens with one attached hydrogen (secondary N) is 1. The first-order valence-corrected chi connectivity index (χ1v) is 5.65. The van der Waals surface area contributed by atoms with Crippen LogP contribution in [0.2, 0.25) is 0 Å². The Hall–Kier alpha value is -1.10. The minimum absolute atomic E-state index is 0.0724. The zero-order valence-electron chi connectivity index (χ0n) is 10.6. The van der Waals surface area contributed by atoms with E-state index in [1.165, 1.54) is 4.90 Å². The molecule has 5 heteroatoms. The van der Waals surface area contributed by atoms with Crippen LogP contribution in [0.4, 0.5) is 0 Å². The van der Waals surface area contributed by atoms with Crippen molar-refractivity contribution < 1.29 is 9.59 Å². The highest BCUT2D eigenvalue weighted by molar-refractivity contribution is 5.82. The molecule has 0 aliphatic rings. The fourth-order valence-electron chi connectivity index (χ4n) is 1.26. The van der Waals surface area contributed by atoms with Crippen LogP contribution in [0.5, 0.6) is 0 Å². The summed E-state index contributed by atoms with van der Waals surface area (Å²) in [5.74, 6) is -0.00929. The fourth-order valence-corrected chi connectivity index (χ4v) is 1.26. The molecule has 0 spiro atoms. The molecule has 0 radical (unpaired) electrons. The molecule has 16 heavy (non-hydrogen) atoms. The number of nitrogens with two attached hydrogens (primary N) is 1. The van der Waals surface area contributed by atoms with Crippen molar-refractivity contribution in [2.24, 2.45) is 11.7 Å². The van der Waals surface area contributed by atoms with Gasteiger partial charge < -0.3 is 16.0 Å². The summed E-state index contributed by atoms with van der Waals surface area (Å²) in [5, 5.41) is 2.51. The Morgan fingerprint density at radius 2 is 2.00 bits per heavy atom.